The summed E-state index contributed by atoms with van der Waals surface area (Å²) >= 11 is 0. The van der Waals surface area contributed by atoms with E-state index < -0.39 is 5.82 Å². The third-order valence-corrected chi connectivity index (χ3v) is 1.87. The van der Waals surface area contributed by atoms with E-state index in [4.69, 9.17) is 5.73 Å². The van der Waals surface area contributed by atoms with Crippen LogP contribution in [0.5, 0.6) is 0 Å². The van der Waals surface area contributed by atoms with Crippen LogP contribution in [-0.4, -0.2) is 9.97 Å². The van der Waals surface area contributed by atoms with Gasteiger partial charge in [-0.15, -0.1) is 0 Å². The Bertz CT molecular complexity index is 499. The fourth-order valence-electron chi connectivity index (χ4n) is 1.14. The highest BCUT2D eigenvalue weighted by molar-refractivity contribution is 5.56. The number of nitrogens with two attached hydrogens (primary N) is 1. The van der Waals surface area contributed by atoms with Crippen LogP contribution in [0.25, 0.3) is 0 Å². The Kier molecular flexibility index (Phi) is 2.63. The predicted molar refractivity (Wildman–Crippen MR) is 56.1 cm³/mol. The first-order chi connectivity index (χ1) is 7.65. The summed E-state index contributed by atoms with van der Waals surface area (Å²) in [5.41, 5.74) is 5.83. The molecular formula is C10H8F2N4. The summed E-state index contributed by atoms with van der Waals surface area (Å²) in [6.45, 7) is 0. The second-order valence-corrected chi connectivity index (χ2v) is 3.06. The highest BCUT2D eigenvalue weighted by Crippen LogP contribution is 2.17. The van der Waals surface area contributed by atoms with Crippen molar-refractivity contribution in [1.29, 1.82) is 0 Å². The van der Waals surface area contributed by atoms with Gasteiger partial charge in [0, 0.05) is 5.69 Å². The van der Waals surface area contributed by atoms with Gasteiger partial charge >= 0.3 is 0 Å². The quantitative estimate of drug-likeness (QED) is 0.816. The second-order valence-electron chi connectivity index (χ2n) is 3.06. The lowest BCUT2D eigenvalue weighted by Crippen LogP contribution is -2.02. The molecule has 0 aliphatic heterocycles. The van der Waals surface area contributed by atoms with Gasteiger partial charge < -0.3 is 11.1 Å². The molecule has 0 aliphatic rings. The summed E-state index contributed by atoms with van der Waals surface area (Å²) in [7, 11) is 0. The Balaban J connectivity index is 2.26. The maximum atomic E-state index is 13.2. The van der Waals surface area contributed by atoms with Crippen molar-refractivity contribution in [3.05, 3.63) is 42.1 Å². The lowest BCUT2D eigenvalue weighted by Gasteiger charge is -2.06. The second kappa shape index (κ2) is 4.09. The number of nitrogens with zero attached hydrogens (tertiary/aromatic N) is 2. The molecule has 0 saturated heterocycles. The number of nitrogen functional groups attached to an aromatic ring is 1. The standard InChI is InChI=1S/C10H8F2N4/c11-6-1-3-7(4-2-6)15-9-8(12)5-14-10(13)16-9/h1-5H,(H3,13,14,15,16). The van der Waals surface area contributed by atoms with Crippen LogP contribution >= 0.6 is 0 Å². The Labute approximate surface area is 90.1 Å². The van der Waals surface area contributed by atoms with Gasteiger partial charge in [-0.25, -0.2) is 13.8 Å². The van der Waals surface area contributed by atoms with Gasteiger partial charge in [-0.3, -0.25) is 0 Å². The highest BCUT2D eigenvalue weighted by atomic mass is 19.1. The van der Waals surface area contributed by atoms with Crippen molar-refractivity contribution in [2.45, 2.75) is 0 Å². The first-order valence-corrected chi connectivity index (χ1v) is 4.46. The zero-order chi connectivity index (χ0) is 11.5. The van der Waals surface area contributed by atoms with E-state index in [1.54, 1.807) is 0 Å². The van der Waals surface area contributed by atoms with Gasteiger partial charge in [0.25, 0.3) is 0 Å². The van der Waals surface area contributed by atoms with Crippen LogP contribution in [0, 0.1) is 11.6 Å². The zero-order valence-electron chi connectivity index (χ0n) is 8.11. The molecule has 0 bridgehead atoms. The van der Waals surface area contributed by atoms with Gasteiger partial charge in [0.1, 0.15) is 5.82 Å². The Morgan fingerprint density at radius 2 is 1.81 bits per heavy atom. The van der Waals surface area contributed by atoms with E-state index in [2.05, 4.69) is 15.3 Å². The van der Waals surface area contributed by atoms with Crippen LogP contribution in [0.1, 0.15) is 0 Å². The zero-order valence-corrected chi connectivity index (χ0v) is 8.11. The molecule has 0 atom stereocenters. The van der Waals surface area contributed by atoms with Gasteiger partial charge in [0.05, 0.1) is 6.20 Å². The maximum Gasteiger partial charge on any atom is 0.222 e. The minimum absolute atomic E-state index is 0.0361. The van der Waals surface area contributed by atoms with Crippen molar-refractivity contribution in [2.75, 3.05) is 11.1 Å². The molecular weight excluding hydrogens is 214 g/mol. The van der Waals surface area contributed by atoms with Crippen molar-refractivity contribution in [2.24, 2.45) is 0 Å². The normalized spacial score (nSPS) is 10.1. The lowest BCUT2D eigenvalue weighted by atomic mass is 10.3. The smallest absolute Gasteiger partial charge is 0.222 e. The van der Waals surface area contributed by atoms with Gasteiger partial charge in [0.15, 0.2) is 11.6 Å². The monoisotopic (exact) mass is 222 g/mol. The SMILES string of the molecule is Nc1ncc(F)c(Nc2ccc(F)cc2)n1. The summed E-state index contributed by atoms with van der Waals surface area (Å²) in [4.78, 5) is 7.16. The van der Waals surface area contributed by atoms with Crippen molar-refractivity contribution in [3.63, 3.8) is 0 Å². The summed E-state index contributed by atoms with van der Waals surface area (Å²) in [6.07, 6.45) is 0.966. The third kappa shape index (κ3) is 2.22. The minimum Gasteiger partial charge on any atom is -0.368 e. The molecule has 3 N–H and O–H groups in total. The summed E-state index contributed by atoms with van der Waals surface area (Å²) in [5.74, 6) is -1.07. The molecule has 82 valence electrons. The van der Waals surface area contributed by atoms with E-state index in [1.807, 2.05) is 0 Å². The third-order valence-electron chi connectivity index (χ3n) is 1.87. The number of hydrogen-bond acceptors (Lipinski definition) is 4. The number of aromatic nitrogens is 2. The van der Waals surface area contributed by atoms with Crippen molar-refractivity contribution in [3.8, 4) is 0 Å². The van der Waals surface area contributed by atoms with E-state index in [-0.39, 0.29) is 17.6 Å². The van der Waals surface area contributed by atoms with E-state index in [9.17, 15) is 8.78 Å². The molecule has 1 aromatic heterocycles. The number of halogens is 2. The fourth-order valence-corrected chi connectivity index (χ4v) is 1.14. The molecule has 0 unspecified atom stereocenters. The molecule has 1 heterocycles. The minimum atomic E-state index is -0.626. The molecule has 2 aromatic rings. The largest absolute Gasteiger partial charge is 0.368 e. The molecule has 6 heteroatoms. The van der Waals surface area contributed by atoms with E-state index >= 15 is 0 Å². The Morgan fingerprint density at radius 3 is 2.50 bits per heavy atom. The van der Waals surface area contributed by atoms with Gasteiger partial charge in [-0.05, 0) is 24.3 Å². The van der Waals surface area contributed by atoms with Crippen LogP contribution in [0.2, 0.25) is 0 Å². The molecule has 4 nitrogen and oxygen atoms in total. The molecule has 0 radical (unpaired) electrons. The fraction of sp³-hybridized carbons (Fsp3) is 0. The molecule has 16 heavy (non-hydrogen) atoms. The van der Waals surface area contributed by atoms with Crippen LogP contribution in [0.3, 0.4) is 0 Å². The predicted octanol–water partition coefficient (Wildman–Crippen LogP) is 2.08. The van der Waals surface area contributed by atoms with Crippen LogP contribution < -0.4 is 11.1 Å². The summed E-state index contributed by atoms with van der Waals surface area (Å²) in [5, 5.41) is 2.67. The molecule has 0 fully saturated rings. The Morgan fingerprint density at radius 1 is 1.12 bits per heavy atom. The van der Waals surface area contributed by atoms with Crippen molar-refractivity contribution >= 4 is 17.5 Å². The number of rotatable bonds is 2. The summed E-state index contributed by atoms with van der Waals surface area (Å²) < 4.78 is 25.8. The summed E-state index contributed by atoms with van der Waals surface area (Å²) in [6, 6.07) is 5.44. The molecule has 2 rings (SSSR count). The molecule has 1 aromatic carbocycles. The van der Waals surface area contributed by atoms with E-state index in [1.165, 1.54) is 24.3 Å². The highest BCUT2D eigenvalue weighted by Gasteiger charge is 2.05. The lowest BCUT2D eigenvalue weighted by molar-refractivity contribution is 0.619. The first-order valence-electron chi connectivity index (χ1n) is 4.46. The number of hydrogen-bond donors (Lipinski definition) is 2. The van der Waals surface area contributed by atoms with Crippen LogP contribution in [0.15, 0.2) is 30.5 Å². The molecule has 0 amide bonds. The molecule has 0 aliphatic carbocycles. The number of nitrogens with one attached hydrogen (secondary N) is 1. The molecule has 0 spiro atoms. The van der Waals surface area contributed by atoms with E-state index in [0.717, 1.165) is 6.20 Å². The topological polar surface area (TPSA) is 63.8 Å². The van der Waals surface area contributed by atoms with Crippen LogP contribution in [0.4, 0.5) is 26.2 Å². The average Bonchev–Trinajstić information content (AvgIpc) is 2.27. The number of benzene rings is 1. The van der Waals surface area contributed by atoms with Gasteiger partial charge in [0.2, 0.25) is 5.95 Å². The molecule has 0 saturated carbocycles. The van der Waals surface area contributed by atoms with E-state index in [0.29, 0.717) is 5.69 Å². The number of anilines is 3. The first kappa shape index (κ1) is 10.3. The van der Waals surface area contributed by atoms with Crippen molar-refractivity contribution in [1.82, 2.24) is 9.97 Å². The van der Waals surface area contributed by atoms with Gasteiger partial charge in [-0.1, -0.05) is 0 Å². The average molecular weight is 222 g/mol. The Hall–Kier alpha value is -2.24. The van der Waals surface area contributed by atoms with Crippen molar-refractivity contribution < 1.29 is 8.78 Å². The van der Waals surface area contributed by atoms with Gasteiger partial charge in [-0.2, -0.15) is 4.98 Å². The van der Waals surface area contributed by atoms with Crippen LogP contribution in [-0.2, 0) is 0 Å². The maximum absolute atomic E-state index is 13.2.